The number of hydrogen-bond donors (Lipinski definition) is 2. The van der Waals surface area contributed by atoms with Crippen molar-refractivity contribution in [3.63, 3.8) is 0 Å². The summed E-state index contributed by atoms with van der Waals surface area (Å²) in [5.74, 6) is 0. The quantitative estimate of drug-likeness (QED) is 0.785. The van der Waals surface area contributed by atoms with Crippen LogP contribution in [0.5, 0.6) is 0 Å². The van der Waals surface area contributed by atoms with Gasteiger partial charge < -0.3 is 0 Å². The third kappa shape index (κ3) is 3.79. The zero-order valence-corrected chi connectivity index (χ0v) is 12.7. The molecule has 0 aliphatic heterocycles. The van der Waals surface area contributed by atoms with Gasteiger partial charge in [0.15, 0.2) is 0 Å². The molecule has 0 saturated heterocycles. The highest BCUT2D eigenvalue weighted by Gasteiger charge is 2.23. The monoisotopic (exact) mass is 323 g/mol. The second-order valence-electron chi connectivity index (χ2n) is 4.12. The Morgan fingerprint density at radius 1 is 1.47 bits per heavy atom. The third-order valence-corrected chi connectivity index (χ3v) is 4.87. The molecule has 17 heavy (non-hydrogen) atoms. The van der Waals surface area contributed by atoms with Gasteiger partial charge >= 0.3 is 0 Å². The summed E-state index contributed by atoms with van der Waals surface area (Å²) in [4.78, 5) is 0.267. The highest BCUT2D eigenvalue weighted by Crippen LogP contribution is 2.17. The fourth-order valence-corrected chi connectivity index (χ4v) is 3.68. The van der Waals surface area contributed by atoms with Gasteiger partial charge in [-0.25, -0.2) is 13.1 Å². The van der Waals surface area contributed by atoms with Crippen molar-refractivity contribution >= 4 is 26.0 Å². The number of H-pyrrole nitrogens is 1. The summed E-state index contributed by atoms with van der Waals surface area (Å²) in [6, 6.07) is -0.0775. The normalized spacial score (nSPS) is 13.9. The van der Waals surface area contributed by atoms with E-state index in [-0.39, 0.29) is 10.9 Å². The minimum Gasteiger partial charge on any atom is -0.281 e. The molecule has 5 nitrogen and oxygen atoms in total. The van der Waals surface area contributed by atoms with Gasteiger partial charge in [0, 0.05) is 11.4 Å². The van der Waals surface area contributed by atoms with E-state index in [1.807, 2.05) is 6.92 Å². The van der Waals surface area contributed by atoms with Gasteiger partial charge in [0.2, 0.25) is 10.0 Å². The van der Waals surface area contributed by atoms with Gasteiger partial charge in [-0.15, -0.1) is 0 Å². The summed E-state index contributed by atoms with van der Waals surface area (Å²) in [5, 5.41) is 7.46. The summed E-state index contributed by atoms with van der Waals surface area (Å²) in [6.45, 7) is 5.25. The maximum Gasteiger partial charge on any atom is 0.244 e. The largest absolute Gasteiger partial charge is 0.281 e. The first-order valence-corrected chi connectivity index (χ1v) is 8.08. The van der Waals surface area contributed by atoms with Gasteiger partial charge in [-0.1, -0.05) is 15.9 Å². The molecule has 0 saturated carbocycles. The molecule has 0 bridgehead atoms. The zero-order valence-electron chi connectivity index (χ0n) is 10.2. The number of aryl methyl sites for hydroxylation is 2. The number of sulfonamides is 1. The number of halogens is 1. The number of hydrogen-bond acceptors (Lipinski definition) is 3. The Kier molecular flexibility index (Phi) is 5.15. The average Bonchev–Trinajstić information content (AvgIpc) is 2.55. The van der Waals surface area contributed by atoms with Crippen molar-refractivity contribution in [3.05, 3.63) is 11.4 Å². The number of alkyl halides is 1. The number of nitrogens with one attached hydrogen (secondary N) is 2. The Labute approximate surface area is 111 Å². The second-order valence-corrected chi connectivity index (χ2v) is 6.56. The molecular weight excluding hydrogens is 306 g/mol. The number of aromatic nitrogens is 2. The SMILES string of the molecule is Cc1n[nH]c(C)c1S(=O)(=O)NC(C)CCCBr. The fourth-order valence-electron chi connectivity index (χ4n) is 1.70. The van der Waals surface area contributed by atoms with Crippen molar-refractivity contribution in [3.8, 4) is 0 Å². The number of aromatic amines is 1. The van der Waals surface area contributed by atoms with E-state index in [1.165, 1.54) is 0 Å². The van der Waals surface area contributed by atoms with Crippen molar-refractivity contribution in [1.29, 1.82) is 0 Å². The van der Waals surface area contributed by atoms with Gasteiger partial charge in [-0.05, 0) is 33.6 Å². The molecule has 2 N–H and O–H groups in total. The number of rotatable bonds is 6. The smallest absolute Gasteiger partial charge is 0.244 e. The van der Waals surface area contributed by atoms with Crippen molar-refractivity contribution in [2.24, 2.45) is 0 Å². The zero-order chi connectivity index (χ0) is 13.1. The van der Waals surface area contributed by atoms with Crippen LogP contribution in [-0.2, 0) is 10.0 Å². The van der Waals surface area contributed by atoms with Crippen LogP contribution in [0, 0.1) is 13.8 Å². The third-order valence-electron chi connectivity index (χ3n) is 2.46. The highest BCUT2D eigenvalue weighted by molar-refractivity contribution is 9.09. The first-order valence-electron chi connectivity index (χ1n) is 5.48. The van der Waals surface area contributed by atoms with Crippen molar-refractivity contribution in [1.82, 2.24) is 14.9 Å². The van der Waals surface area contributed by atoms with E-state index in [9.17, 15) is 8.42 Å². The predicted molar refractivity (Wildman–Crippen MR) is 70.9 cm³/mol. The summed E-state index contributed by atoms with van der Waals surface area (Å²) < 4.78 is 26.9. The Balaban J connectivity index is 2.83. The van der Waals surface area contributed by atoms with Crippen molar-refractivity contribution < 1.29 is 8.42 Å². The van der Waals surface area contributed by atoms with Crippen molar-refractivity contribution in [2.45, 2.75) is 44.6 Å². The first kappa shape index (κ1) is 14.7. The lowest BCUT2D eigenvalue weighted by Gasteiger charge is -2.13. The van der Waals surface area contributed by atoms with E-state index in [4.69, 9.17) is 0 Å². The lowest BCUT2D eigenvalue weighted by Crippen LogP contribution is -2.33. The van der Waals surface area contributed by atoms with Gasteiger partial charge in [0.1, 0.15) is 4.90 Å². The van der Waals surface area contributed by atoms with E-state index in [1.54, 1.807) is 13.8 Å². The summed E-state index contributed by atoms with van der Waals surface area (Å²) in [5.41, 5.74) is 1.07. The van der Waals surface area contributed by atoms with Gasteiger partial charge in [-0.3, -0.25) is 5.10 Å². The highest BCUT2D eigenvalue weighted by atomic mass is 79.9. The van der Waals surface area contributed by atoms with Crippen LogP contribution in [0.3, 0.4) is 0 Å². The lowest BCUT2D eigenvalue weighted by molar-refractivity contribution is 0.544. The maximum absolute atomic E-state index is 12.1. The minimum atomic E-state index is -3.47. The molecule has 7 heteroatoms. The van der Waals surface area contributed by atoms with Crippen LogP contribution in [0.15, 0.2) is 4.90 Å². The standard InChI is InChI=1S/C10H18BrN3O2S/c1-7(5-4-6-11)14-17(15,16)10-8(2)12-13-9(10)3/h7,14H,4-6H2,1-3H3,(H,12,13). The van der Waals surface area contributed by atoms with Crippen LogP contribution < -0.4 is 4.72 Å². The first-order chi connectivity index (χ1) is 7.88. The molecule has 1 aromatic rings. The Hall–Kier alpha value is -0.400. The Bertz CT molecular complexity index is 450. The van der Waals surface area contributed by atoms with Gasteiger partial charge in [0.25, 0.3) is 0 Å². The molecule has 1 heterocycles. The minimum absolute atomic E-state index is 0.0775. The lowest BCUT2D eigenvalue weighted by atomic mass is 10.2. The molecule has 0 spiro atoms. The van der Waals surface area contributed by atoms with Crippen LogP contribution >= 0.6 is 15.9 Å². The molecule has 0 amide bonds. The predicted octanol–water partition coefficient (Wildman–Crippen LogP) is 1.87. The topological polar surface area (TPSA) is 74.8 Å². The summed E-state index contributed by atoms with van der Waals surface area (Å²) in [7, 11) is -3.47. The summed E-state index contributed by atoms with van der Waals surface area (Å²) in [6.07, 6.45) is 1.74. The second kappa shape index (κ2) is 5.97. The van der Waals surface area contributed by atoms with Crippen molar-refractivity contribution in [2.75, 3.05) is 5.33 Å². The molecule has 98 valence electrons. The van der Waals surface area contributed by atoms with Crippen LogP contribution in [0.2, 0.25) is 0 Å². The van der Waals surface area contributed by atoms with E-state index in [0.717, 1.165) is 18.2 Å². The molecule has 1 atom stereocenters. The van der Waals surface area contributed by atoms with Crippen LogP contribution in [-0.4, -0.2) is 30.0 Å². The maximum atomic E-state index is 12.1. The van der Waals surface area contributed by atoms with Crippen LogP contribution in [0.25, 0.3) is 0 Å². The van der Waals surface area contributed by atoms with Crippen LogP contribution in [0.1, 0.15) is 31.2 Å². The van der Waals surface area contributed by atoms with E-state index >= 15 is 0 Å². The van der Waals surface area contributed by atoms with Crippen LogP contribution in [0.4, 0.5) is 0 Å². The molecular formula is C10H18BrN3O2S. The molecule has 0 fully saturated rings. The average molecular weight is 324 g/mol. The molecule has 0 aliphatic rings. The molecule has 1 unspecified atom stereocenters. The van der Waals surface area contributed by atoms with Gasteiger partial charge in [-0.2, -0.15) is 5.10 Å². The van der Waals surface area contributed by atoms with E-state index < -0.39 is 10.0 Å². The molecule has 1 rings (SSSR count). The van der Waals surface area contributed by atoms with E-state index in [0.29, 0.717) is 11.4 Å². The Morgan fingerprint density at radius 2 is 2.12 bits per heavy atom. The molecule has 0 aliphatic carbocycles. The molecule has 1 aromatic heterocycles. The Morgan fingerprint density at radius 3 is 2.59 bits per heavy atom. The fraction of sp³-hybridized carbons (Fsp3) is 0.700. The van der Waals surface area contributed by atoms with Gasteiger partial charge in [0.05, 0.1) is 11.4 Å². The van der Waals surface area contributed by atoms with E-state index in [2.05, 4.69) is 30.8 Å². The number of nitrogens with zero attached hydrogens (tertiary/aromatic N) is 1. The molecule has 0 aromatic carbocycles. The summed E-state index contributed by atoms with van der Waals surface area (Å²) >= 11 is 3.33. The molecule has 0 radical (unpaired) electrons.